The summed E-state index contributed by atoms with van der Waals surface area (Å²) >= 11 is 0. The quantitative estimate of drug-likeness (QED) is 0.0344. The highest BCUT2D eigenvalue weighted by molar-refractivity contribution is 5.71. The fourth-order valence-electron chi connectivity index (χ4n) is 9.02. The molecule has 0 N–H and O–H groups in total. The second-order valence-corrected chi connectivity index (χ2v) is 21.0. The Hall–Kier alpha value is -1.59. The van der Waals surface area contributed by atoms with Crippen molar-refractivity contribution in [2.24, 2.45) is 11.8 Å². The van der Waals surface area contributed by atoms with Gasteiger partial charge < -0.3 is 14.2 Å². The molecule has 0 aliphatic rings. The molecule has 2 atom stereocenters. The Balaban J connectivity index is 4.28. The van der Waals surface area contributed by atoms with E-state index in [4.69, 9.17) is 14.2 Å². The van der Waals surface area contributed by atoms with E-state index in [0.717, 1.165) is 69.6 Å². The van der Waals surface area contributed by atoms with E-state index in [1.165, 1.54) is 218 Å². The molecular formula is C59H114O6. The topological polar surface area (TPSA) is 78.9 Å². The summed E-state index contributed by atoms with van der Waals surface area (Å²) in [6, 6.07) is 0. The van der Waals surface area contributed by atoms with Gasteiger partial charge in [-0.1, -0.05) is 291 Å². The van der Waals surface area contributed by atoms with Crippen LogP contribution in [0.1, 0.15) is 330 Å². The zero-order valence-corrected chi connectivity index (χ0v) is 44.6. The van der Waals surface area contributed by atoms with Gasteiger partial charge in [-0.25, -0.2) is 0 Å². The van der Waals surface area contributed by atoms with Crippen molar-refractivity contribution in [3.63, 3.8) is 0 Å². The molecule has 0 saturated carbocycles. The molecule has 0 bridgehead atoms. The molecule has 0 saturated heterocycles. The number of rotatable bonds is 53. The number of hydrogen-bond acceptors (Lipinski definition) is 6. The third-order valence-electron chi connectivity index (χ3n) is 13.8. The van der Waals surface area contributed by atoms with Gasteiger partial charge in [0, 0.05) is 19.3 Å². The highest BCUT2D eigenvalue weighted by atomic mass is 16.6. The van der Waals surface area contributed by atoms with Gasteiger partial charge in [-0.2, -0.15) is 0 Å². The molecular weight excluding hydrogens is 805 g/mol. The van der Waals surface area contributed by atoms with E-state index in [1.54, 1.807) is 0 Å². The van der Waals surface area contributed by atoms with Gasteiger partial charge in [0.25, 0.3) is 0 Å². The Kier molecular flexibility index (Phi) is 50.5. The zero-order valence-electron chi connectivity index (χ0n) is 44.6. The van der Waals surface area contributed by atoms with Gasteiger partial charge in [0.2, 0.25) is 0 Å². The van der Waals surface area contributed by atoms with Crippen LogP contribution < -0.4 is 0 Å². The van der Waals surface area contributed by atoms with Crippen LogP contribution in [0.5, 0.6) is 0 Å². The molecule has 0 aliphatic carbocycles. The number of esters is 3. The molecule has 6 heteroatoms. The number of ether oxygens (including phenoxy) is 3. The highest BCUT2D eigenvalue weighted by Crippen LogP contribution is 2.19. The maximum absolute atomic E-state index is 12.9. The van der Waals surface area contributed by atoms with Crippen molar-refractivity contribution in [3.8, 4) is 0 Å². The lowest BCUT2D eigenvalue weighted by molar-refractivity contribution is -0.167. The second kappa shape index (κ2) is 51.8. The Morgan fingerprint density at radius 2 is 0.585 bits per heavy atom. The normalized spacial score (nSPS) is 12.5. The van der Waals surface area contributed by atoms with E-state index >= 15 is 0 Å². The van der Waals surface area contributed by atoms with E-state index in [9.17, 15) is 14.4 Å². The largest absolute Gasteiger partial charge is 0.462 e. The number of carbonyl (C=O) groups excluding carboxylic acids is 3. The summed E-state index contributed by atoms with van der Waals surface area (Å²) in [7, 11) is 0. The fraction of sp³-hybridized carbons (Fsp3) is 0.949. The summed E-state index contributed by atoms with van der Waals surface area (Å²) in [5.41, 5.74) is 0. The minimum atomic E-state index is -0.763. The van der Waals surface area contributed by atoms with Crippen molar-refractivity contribution in [1.29, 1.82) is 0 Å². The molecule has 0 heterocycles. The maximum Gasteiger partial charge on any atom is 0.306 e. The Bertz CT molecular complexity index is 995. The molecule has 0 aromatic heterocycles. The van der Waals surface area contributed by atoms with Gasteiger partial charge >= 0.3 is 17.9 Å². The number of carbonyl (C=O) groups is 3. The molecule has 6 nitrogen and oxygen atoms in total. The third kappa shape index (κ3) is 51.6. The number of hydrogen-bond donors (Lipinski definition) is 0. The predicted octanol–water partition coefficient (Wildman–Crippen LogP) is 19.3. The molecule has 0 fully saturated rings. The molecule has 0 spiro atoms. The van der Waals surface area contributed by atoms with E-state index in [0.29, 0.717) is 19.3 Å². The molecule has 65 heavy (non-hydrogen) atoms. The van der Waals surface area contributed by atoms with Gasteiger partial charge in [0.1, 0.15) is 13.2 Å². The first-order chi connectivity index (χ1) is 31.8. The fourth-order valence-corrected chi connectivity index (χ4v) is 9.02. The SMILES string of the molecule is CCCCCCCCCCCCCCCCCCCCC(=O)OC[C@H](COC(=O)CCCCCCCCCCC(C)CC)OC(=O)CCCCCCCCCCCCCCCCC(C)C. The molecule has 1 unspecified atom stereocenters. The summed E-state index contributed by atoms with van der Waals surface area (Å²) in [6.45, 7) is 11.4. The Morgan fingerprint density at radius 3 is 0.877 bits per heavy atom. The summed E-state index contributed by atoms with van der Waals surface area (Å²) < 4.78 is 16.9. The molecule has 0 rings (SSSR count). The van der Waals surface area contributed by atoms with Crippen LogP contribution in [-0.2, 0) is 28.6 Å². The van der Waals surface area contributed by atoms with Crippen LogP contribution >= 0.6 is 0 Å². The second-order valence-electron chi connectivity index (χ2n) is 21.0. The van der Waals surface area contributed by atoms with Crippen molar-refractivity contribution in [2.75, 3.05) is 13.2 Å². The van der Waals surface area contributed by atoms with E-state index < -0.39 is 6.10 Å². The summed E-state index contributed by atoms with van der Waals surface area (Å²) in [4.78, 5) is 38.1. The lowest BCUT2D eigenvalue weighted by atomic mass is 9.99. The van der Waals surface area contributed by atoms with Gasteiger partial charge in [0.05, 0.1) is 0 Å². The summed E-state index contributed by atoms with van der Waals surface area (Å²) in [6.07, 6.45) is 55.2. The Morgan fingerprint density at radius 1 is 0.323 bits per heavy atom. The van der Waals surface area contributed by atoms with Crippen molar-refractivity contribution < 1.29 is 28.6 Å². The molecule has 0 aromatic rings. The first-order valence-electron chi connectivity index (χ1n) is 29.3. The van der Waals surface area contributed by atoms with Crippen LogP contribution in [0.2, 0.25) is 0 Å². The minimum absolute atomic E-state index is 0.0629. The van der Waals surface area contributed by atoms with Crippen LogP contribution in [-0.4, -0.2) is 37.2 Å². The zero-order chi connectivity index (χ0) is 47.5. The van der Waals surface area contributed by atoms with E-state index in [-0.39, 0.29) is 31.1 Å². The van der Waals surface area contributed by atoms with E-state index in [1.807, 2.05) is 0 Å². The highest BCUT2D eigenvalue weighted by Gasteiger charge is 2.19. The third-order valence-corrected chi connectivity index (χ3v) is 13.8. The first kappa shape index (κ1) is 63.4. The van der Waals surface area contributed by atoms with Gasteiger partial charge in [0.15, 0.2) is 6.10 Å². The van der Waals surface area contributed by atoms with Gasteiger partial charge in [-0.3, -0.25) is 14.4 Å². The van der Waals surface area contributed by atoms with Gasteiger partial charge in [-0.15, -0.1) is 0 Å². The minimum Gasteiger partial charge on any atom is -0.462 e. The maximum atomic E-state index is 12.9. The van der Waals surface area contributed by atoms with Crippen LogP contribution in [0.3, 0.4) is 0 Å². The summed E-state index contributed by atoms with van der Waals surface area (Å²) in [5, 5.41) is 0. The van der Waals surface area contributed by atoms with Crippen molar-refractivity contribution >= 4 is 17.9 Å². The first-order valence-corrected chi connectivity index (χ1v) is 29.3. The number of unbranched alkanes of at least 4 members (excludes halogenated alkanes) is 37. The molecule has 0 aromatic carbocycles. The lowest BCUT2D eigenvalue weighted by Gasteiger charge is -2.18. The molecule has 0 aliphatic heterocycles. The van der Waals surface area contributed by atoms with Crippen LogP contribution in [0, 0.1) is 11.8 Å². The smallest absolute Gasteiger partial charge is 0.306 e. The van der Waals surface area contributed by atoms with Crippen molar-refractivity contribution in [2.45, 2.75) is 336 Å². The average molecular weight is 920 g/mol. The van der Waals surface area contributed by atoms with Crippen molar-refractivity contribution in [3.05, 3.63) is 0 Å². The van der Waals surface area contributed by atoms with Crippen LogP contribution in [0.25, 0.3) is 0 Å². The standard InChI is InChI=1S/C59H114O6/c1-6-8-9-10-11-12-13-14-15-16-17-18-22-25-28-34-39-44-49-57(60)63-52-56(53-64-58(61)50-45-40-35-31-30-33-38-43-48-55(5)7-2)65-59(62)51-46-41-36-29-26-23-20-19-21-24-27-32-37-42-47-54(3)4/h54-56H,6-53H2,1-5H3/t55?,56-/m1/s1. The molecule has 386 valence electrons. The van der Waals surface area contributed by atoms with Gasteiger partial charge in [-0.05, 0) is 31.1 Å². The lowest BCUT2D eigenvalue weighted by Crippen LogP contribution is -2.30. The van der Waals surface area contributed by atoms with Crippen molar-refractivity contribution in [1.82, 2.24) is 0 Å². The van der Waals surface area contributed by atoms with E-state index in [2.05, 4.69) is 34.6 Å². The van der Waals surface area contributed by atoms with Crippen LogP contribution in [0.15, 0.2) is 0 Å². The summed E-state index contributed by atoms with van der Waals surface area (Å²) in [5.74, 6) is 0.851. The Labute approximate surface area is 406 Å². The van der Waals surface area contributed by atoms with Crippen LogP contribution in [0.4, 0.5) is 0 Å². The molecule has 0 amide bonds. The predicted molar refractivity (Wildman–Crippen MR) is 280 cm³/mol. The monoisotopic (exact) mass is 919 g/mol. The molecule has 0 radical (unpaired) electrons. The average Bonchev–Trinajstić information content (AvgIpc) is 3.29.